The third kappa shape index (κ3) is 5.77. The summed E-state index contributed by atoms with van der Waals surface area (Å²) in [5.74, 6) is 1.72. The Bertz CT molecular complexity index is 1140. The van der Waals surface area contributed by atoms with Gasteiger partial charge in [0.05, 0.1) is 25.2 Å². The zero-order chi connectivity index (χ0) is 29.7. The maximum absolute atomic E-state index is 14.4. The van der Waals surface area contributed by atoms with Gasteiger partial charge in [-0.3, -0.25) is 9.59 Å². The fourth-order valence-corrected chi connectivity index (χ4v) is 9.63. The van der Waals surface area contributed by atoms with E-state index in [1.165, 1.54) is 6.07 Å². The minimum Gasteiger partial charge on any atom is -0.415 e. The monoisotopic (exact) mass is 586 g/mol. The number of nitrogens with zero attached hydrogens (tertiary/aromatic N) is 2. The number of likely N-dealkylation sites (tertiary alicyclic amines) is 2. The van der Waals surface area contributed by atoms with Gasteiger partial charge in [-0.05, 0) is 85.5 Å². The smallest absolute Gasteiger partial charge is 0.227 e. The van der Waals surface area contributed by atoms with Gasteiger partial charge in [0.1, 0.15) is 5.82 Å². The highest BCUT2D eigenvalue weighted by molar-refractivity contribution is 6.74. The molecule has 7 atom stereocenters. The van der Waals surface area contributed by atoms with Crippen LogP contribution in [0.15, 0.2) is 24.3 Å². The van der Waals surface area contributed by atoms with Gasteiger partial charge in [0.25, 0.3) is 0 Å². The molecule has 0 radical (unpaired) electrons. The Morgan fingerprint density at radius 1 is 1.10 bits per heavy atom. The number of hydrogen-bond donors (Lipinski definition) is 0. The molecule has 8 heteroatoms. The fraction of sp³-hybridized carbons (Fsp3) is 0.758. The number of ether oxygens (including phenoxy) is 1. The quantitative estimate of drug-likeness (QED) is 0.389. The Labute approximate surface area is 247 Å². The average molecular weight is 587 g/mol. The lowest BCUT2D eigenvalue weighted by Gasteiger charge is -2.55. The number of carbonyl (C=O) groups is 2. The maximum atomic E-state index is 14.4. The first-order valence-electron chi connectivity index (χ1n) is 15.7. The van der Waals surface area contributed by atoms with Gasteiger partial charge in [0.15, 0.2) is 8.32 Å². The number of piperidine rings is 1. The Morgan fingerprint density at radius 3 is 2.49 bits per heavy atom. The van der Waals surface area contributed by atoms with Crippen molar-refractivity contribution in [3.05, 3.63) is 35.6 Å². The van der Waals surface area contributed by atoms with E-state index in [4.69, 9.17) is 9.16 Å². The average Bonchev–Trinajstić information content (AvgIpc) is 3.51. The molecule has 2 saturated carbocycles. The minimum atomic E-state index is -2.00. The van der Waals surface area contributed by atoms with Crippen LogP contribution in [-0.4, -0.2) is 75.4 Å². The van der Waals surface area contributed by atoms with Crippen molar-refractivity contribution >= 4 is 20.1 Å². The molecule has 6 nitrogen and oxygen atoms in total. The number of fused-ring (bicyclic) bond motifs is 4. The van der Waals surface area contributed by atoms with Crippen LogP contribution in [0.2, 0.25) is 18.1 Å². The summed E-state index contributed by atoms with van der Waals surface area (Å²) >= 11 is 0. The summed E-state index contributed by atoms with van der Waals surface area (Å²) < 4.78 is 27.0. The number of rotatable bonds is 6. The lowest BCUT2D eigenvalue weighted by atomic mass is 9.60. The predicted octanol–water partition coefficient (Wildman–Crippen LogP) is 5.91. The van der Waals surface area contributed by atoms with Crippen LogP contribution in [-0.2, 0) is 25.2 Å². The van der Waals surface area contributed by atoms with E-state index in [0.717, 1.165) is 32.1 Å². The van der Waals surface area contributed by atoms with Crippen molar-refractivity contribution < 1.29 is 23.1 Å². The Balaban J connectivity index is 1.43. The van der Waals surface area contributed by atoms with Gasteiger partial charge in [-0.25, -0.2) is 4.39 Å². The predicted molar refractivity (Wildman–Crippen MR) is 161 cm³/mol. The first-order chi connectivity index (χ1) is 19.3. The van der Waals surface area contributed by atoms with E-state index >= 15 is 0 Å². The molecule has 1 spiro atoms. The van der Waals surface area contributed by atoms with E-state index in [0.29, 0.717) is 61.6 Å². The SMILES string of the molecule is COC1CCC2C(C1)CC1C2[C@]2(CCN(C(=O)Cc3ccccc3F)C2)CN(C(C)=O)[C@H]1CO[Si](C)(C)C(C)(C)C. The molecule has 2 aliphatic carbocycles. The molecule has 0 bridgehead atoms. The van der Waals surface area contributed by atoms with Crippen molar-refractivity contribution in [1.82, 2.24) is 9.80 Å². The van der Waals surface area contributed by atoms with Gasteiger partial charge in [0, 0.05) is 39.1 Å². The summed E-state index contributed by atoms with van der Waals surface area (Å²) in [6.45, 7) is 15.7. The van der Waals surface area contributed by atoms with Crippen LogP contribution in [0.4, 0.5) is 4.39 Å². The van der Waals surface area contributed by atoms with Crippen LogP contribution >= 0.6 is 0 Å². The highest BCUT2D eigenvalue weighted by Crippen LogP contribution is 2.62. The summed E-state index contributed by atoms with van der Waals surface area (Å²) in [4.78, 5) is 30.9. The Kier molecular flexibility index (Phi) is 8.52. The van der Waals surface area contributed by atoms with Crippen molar-refractivity contribution in [3.8, 4) is 0 Å². The summed E-state index contributed by atoms with van der Waals surface area (Å²) in [6, 6.07) is 6.63. The Morgan fingerprint density at radius 2 is 1.83 bits per heavy atom. The molecule has 0 aromatic heterocycles. The minimum absolute atomic E-state index is 0.0149. The third-order valence-electron chi connectivity index (χ3n) is 11.8. The maximum Gasteiger partial charge on any atom is 0.227 e. The van der Waals surface area contributed by atoms with Crippen molar-refractivity contribution in [3.63, 3.8) is 0 Å². The summed E-state index contributed by atoms with van der Waals surface area (Å²) in [5.41, 5.74) is 0.320. The zero-order valence-corrected chi connectivity index (χ0v) is 27.2. The molecular formula is C33H51FN2O4Si. The molecule has 1 aromatic carbocycles. The molecule has 4 fully saturated rings. The number of methoxy groups -OCH3 is 1. The molecular weight excluding hydrogens is 535 g/mol. The van der Waals surface area contributed by atoms with Gasteiger partial charge in [-0.2, -0.15) is 0 Å². The van der Waals surface area contributed by atoms with Crippen molar-refractivity contribution in [2.24, 2.45) is 29.1 Å². The molecule has 2 heterocycles. The van der Waals surface area contributed by atoms with Crippen molar-refractivity contribution in [1.29, 1.82) is 0 Å². The van der Waals surface area contributed by atoms with Gasteiger partial charge in [-0.1, -0.05) is 39.0 Å². The molecule has 2 amide bonds. The summed E-state index contributed by atoms with van der Waals surface area (Å²) in [6.07, 6.45) is 5.68. The van der Waals surface area contributed by atoms with Crippen LogP contribution in [0.25, 0.3) is 0 Å². The van der Waals surface area contributed by atoms with E-state index in [9.17, 15) is 14.0 Å². The van der Waals surface area contributed by atoms with Gasteiger partial charge in [0.2, 0.25) is 11.8 Å². The molecule has 2 aliphatic heterocycles. The van der Waals surface area contributed by atoms with E-state index in [2.05, 4.69) is 38.8 Å². The van der Waals surface area contributed by atoms with Gasteiger partial charge < -0.3 is 19.0 Å². The molecule has 5 rings (SSSR count). The van der Waals surface area contributed by atoms with E-state index in [-0.39, 0.29) is 40.5 Å². The molecule has 41 heavy (non-hydrogen) atoms. The lowest BCUT2D eigenvalue weighted by Crippen LogP contribution is -2.62. The highest BCUT2D eigenvalue weighted by atomic mass is 28.4. The second-order valence-corrected chi connectivity index (χ2v) is 19.8. The van der Waals surface area contributed by atoms with E-state index < -0.39 is 8.32 Å². The fourth-order valence-electron chi connectivity index (χ4n) is 8.61. The molecule has 5 unspecified atom stereocenters. The molecule has 4 aliphatic rings. The molecule has 2 saturated heterocycles. The second-order valence-electron chi connectivity index (χ2n) is 15.0. The summed E-state index contributed by atoms with van der Waals surface area (Å²) in [5, 5.41) is 0.100. The van der Waals surface area contributed by atoms with E-state index in [1.54, 1.807) is 25.1 Å². The molecule has 1 aromatic rings. The third-order valence-corrected chi connectivity index (χ3v) is 16.3. The van der Waals surface area contributed by atoms with Gasteiger partial charge >= 0.3 is 0 Å². The number of hydrogen-bond acceptors (Lipinski definition) is 4. The zero-order valence-electron chi connectivity index (χ0n) is 26.2. The van der Waals surface area contributed by atoms with Crippen LogP contribution < -0.4 is 0 Å². The number of amides is 2. The molecule has 228 valence electrons. The lowest BCUT2D eigenvalue weighted by molar-refractivity contribution is -0.146. The van der Waals surface area contributed by atoms with Crippen molar-refractivity contribution in [2.45, 2.75) is 96.5 Å². The van der Waals surface area contributed by atoms with Crippen molar-refractivity contribution in [2.75, 3.05) is 33.4 Å². The van der Waals surface area contributed by atoms with E-state index in [1.807, 2.05) is 12.0 Å². The normalized spacial score (nSPS) is 33.7. The largest absolute Gasteiger partial charge is 0.415 e. The number of benzene rings is 1. The number of carbonyl (C=O) groups excluding carboxylic acids is 2. The standard InChI is InChI=1S/C33H51FN2O4Si/c1-22(37)36-21-33(14-15-35(20-33)30(38)18-23-10-8-9-11-28(23)34)31-26-13-12-25(39-5)16-24(26)17-27(31)29(36)19-40-41(6,7)32(2,3)4/h8-11,24-27,29,31H,12-21H2,1-7H3/t24?,25?,26?,27?,29-,31?,33-/m0/s1. The summed E-state index contributed by atoms with van der Waals surface area (Å²) in [7, 11) is -0.170. The van der Waals surface area contributed by atoms with Crippen LogP contribution in [0.1, 0.15) is 65.4 Å². The Hall–Kier alpha value is -1.77. The highest BCUT2D eigenvalue weighted by Gasteiger charge is 2.63. The second kappa shape index (κ2) is 11.4. The first-order valence-corrected chi connectivity index (χ1v) is 18.6. The van der Waals surface area contributed by atoms with Gasteiger partial charge in [-0.15, -0.1) is 0 Å². The topological polar surface area (TPSA) is 59.1 Å². The molecule has 0 N–H and O–H groups in total. The number of halogens is 1. The van der Waals surface area contributed by atoms with Crippen LogP contribution in [0.5, 0.6) is 0 Å². The van der Waals surface area contributed by atoms with Crippen LogP contribution in [0.3, 0.4) is 0 Å². The first kappa shape index (κ1) is 30.7. The van der Waals surface area contributed by atoms with Crippen LogP contribution in [0, 0.1) is 34.9 Å².